The first-order chi connectivity index (χ1) is 7.29. The van der Waals surface area contributed by atoms with Crippen molar-refractivity contribution in [2.75, 3.05) is 13.1 Å². The molecule has 2 nitrogen and oxygen atoms in total. The zero-order valence-corrected chi connectivity index (χ0v) is 9.68. The molecule has 2 rings (SSSR count). The van der Waals surface area contributed by atoms with Crippen LogP contribution in [-0.2, 0) is 6.42 Å². The van der Waals surface area contributed by atoms with Gasteiger partial charge in [-0.05, 0) is 37.1 Å². The smallest absolute Gasteiger partial charge is 0.138 e. The summed E-state index contributed by atoms with van der Waals surface area (Å²) in [6, 6.07) is 6.03. The zero-order valence-electron chi connectivity index (χ0n) is 8.92. The van der Waals surface area contributed by atoms with Crippen LogP contribution in [0.4, 0.5) is 0 Å². The summed E-state index contributed by atoms with van der Waals surface area (Å²) in [5.74, 6) is 0.808. The predicted octanol–water partition coefficient (Wildman–Crippen LogP) is 2.64. The number of nitrogens with one attached hydrogen (secondary N) is 1. The molecule has 1 aromatic carbocycles. The number of ether oxygens (including phenoxy) is 1. The standard InChI is InChI=1S/C12H16ClNO/c1-2-9-3-4-12(11(13)7-9)15-10-5-6-14-8-10/h3-4,7,10,14H,2,5-6,8H2,1H3. The summed E-state index contributed by atoms with van der Waals surface area (Å²) in [5, 5.41) is 3.99. The van der Waals surface area contributed by atoms with Gasteiger partial charge in [-0.25, -0.2) is 0 Å². The Kier molecular flexibility index (Phi) is 3.49. The average molecular weight is 226 g/mol. The van der Waals surface area contributed by atoms with Crippen molar-refractivity contribution in [1.82, 2.24) is 5.32 Å². The number of halogens is 1. The van der Waals surface area contributed by atoms with Crippen molar-refractivity contribution in [2.45, 2.75) is 25.9 Å². The van der Waals surface area contributed by atoms with Crippen LogP contribution >= 0.6 is 11.6 Å². The van der Waals surface area contributed by atoms with E-state index in [1.807, 2.05) is 12.1 Å². The summed E-state index contributed by atoms with van der Waals surface area (Å²) >= 11 is 6.14. The number of aryl methyl sites for hydroxylation is 1. The second kappa shape index (κ2) is 4.86. The van der Waals surface area contributed by atoms with Gasteiger partial charge in [-0.15, -0.1) is 0 Å². The van der Waals surface area contributed by atoms with E-state index in [0.29, 0.717) is 0 Å². The molecule has 1 aliphatic rings. The van der Waals surface area contributed by atoms with Crippen LogP contribution in [-0.4, -0.2) is 19.2 Å². The van der Waals surface area contributed by atoms with Crippen LogP contribution < -0.4 is 10.1 Å². The number of hydrogen-bond acceptors (Lipinski definition) is 2. The number of benzene rings is 1. The number of rotatable bonds is 3. The molecule has 1 N–H and O–H groups in total. The zero-order chi connectivity index (χ0) is 10.7. The lowest BCUT2D eigenvalue weighted by Gasteiger charge is -2.14. The maximum Gasteiger partial charge on any atom is 0.138 e. The monoisotopic (exact) mass is 225 g/mol. The van der Waals surface area contributed by atoms with Crippen LogP contribution in [0.5, 0.6) is 5.75 Å². The van der Waals surface area contributed by atoms with Gasteiger partial charge in [-0.3, -0.25) is 0 Å². The molecule has 0 bridgehead atoms. The molecule has 0 aliphatic carbocycles. The van der Waals surface area contributed by atoms with Crippen molar-refractivity contribution in [3.05, 3.63) is 28.8 Å². The summed E-state index contributed by atoms with van der Waals surface area (Å²) < 4.78 is 5.81. The van der Waals surface area contributed by atoms with E-state index >= 15 is 0 Å². The third kappa shape index (κ3) is 2.64. The van der Waals surface area contributed by atoms with E-state index in [1.54, 1.807) is 0 Å². The lowest BCUT2D eigenvalue weighted by Crippen LogP contribution is -2.19. The van der Waals surface area contributed by atoms with Crippen molar-refractivity contribution < 1.29 is 4.74 Å². The highest BCUT2D eigenvalue weighted by Gasteiger charge is 2.16. The SMILES string of the molecule is CCc1ccc(OC2CCNC2)c(Cl)c1. The molecule has 15 heavy (non-hydrogen) atoms. The van der Waals surface area contributed by atoms with Gasteiger partial charge in [0.15, 0.2) is 0 Å². The summed E-state index contributed by atoms with van der Waals surface area (Å²) in [6.07, 6.45) is 2.34. The molecule has 0 amide bonds. The lowest BCUT2D eigenvalue weighted by molar-refractivity contribution is 0.223. The molecule has 1 unspecified atom stereocenters. The van der Waals surface area contributed by atoms with Crippen molar-refractivity contribution >= 4 is 11.6 Å². The van der Waals surface area contributed by atoms with E-state index in [9.17, 15) is 0 Å². The highest BCUT2D eigenvalue weighted by Crippen LogP contribution is 2.27. The summed E-state index contributed by atoms with van der Waals surface area (Å²) in [7, 11) is 0. The van der Waals surface area contributed by atoms with Gasteiger partial charge in [-0.1, -0.05) is 24.6 Å². The third-order valence-corrected chi connectivity index (χ3v) is 3.01. The first kappa shape index (κ1) is 10.8. The van der Waals surface area contributed by atoms with E-state index < -0.39 is 0 Å². The molecular weight excluding hydrogens is 210 g/mol. The highest BCUT2D eigenvalue weighted by atomic mass is 35.5. The van der Waals surface area contributed by atoms with E-state index in [4.69, 9.17) is 16.3 Å². The van der Waals surface area contributed by atoms with Crippen molar-refractivity contribution in [2.24, 2.45) is 0 Å². The van der Waals surface area contributed by atoms with Crippen molar-refractivity contribution in [3.63, 3.8) is 0 Å². The Balaban J connectivity index is 2.07. The molecule has 3 heteroatoms. The Bertz CT molecular complexity index is 334. The molecule has 82 valence electrons. The molecule has 1 aliphatic heterocycles. The maximum absolute atomic E-state index is 6.14. The molecule has 0 saturated carbocycles. The fourth-order valence-corrected chi connectivity index (χ4v) is 2.02. The normalized spacial score (nSPS) is 20.5. The molecule has 1 atom stereocenters. The van der Waals surface area contributed by atoms with E-state index in [1.165, 1.54) is 5.56 Å². The van der Waals surface area contributed by atoms with Gasteiger partial charge in [0.25, 0.3) is 0 Å². The second-order valence-corrected chi connectivity index (χ2v) is 4.26. The Morgan fingerprint density at radius 1 is 1.53 bits per heavy atom. The van der Waals surface area contributed by atoms with Gasteiger partial charge >= 0.3 is 0 Å². The van der Waals surface area contributed by atoms with Gasteiger partial charge in [0, 0.05) is 6.54 Å². The predicted molar refractivity (Wildman–Crippen MR) is 62.7 cm³/mol. The maximum atomic E-state index is 6.14. The Hall–Kier alpha value is -0.730. The quantitative estimate of drug-likeness (QED) is 0.854. The lowest BCUT2D eigenvalue weighted by atomic mass is 10.2. The largest absolute Gasteiger partial charge is 0.487 e. The fourth-order valence-electron chi connectivity index (χ4n) is 1.77. The second-order valence-electron chi connectivity index (χ2n) is 3.85. The minimum atomic E-state index is 0.273. The molecule has 1 saturated heterocycles. The van der Waals surface area contributed by atoms with Gasteiger partial charge in [-0.2, -0.15) is 0 Å². The number of hydrogen-bond donors (Lipinski definition) is 1. The van der Waals surface area contributed by atoms with Gasteiger partial charge in [0.05, 0.1) is 5.02 Å². The molecule has 0 spiro atoms. The minimum absolute atomic E-state index is 0.273. The Morgan fingerprint density at radius 3 is 3.00 bits per heavy atom. The van der Waals surface area contributed by atoms with Gasteiger partial charge < -0.3 is 10.1 Å². The van der Waals surface area contributed by atoms with Crippen LogP contribution in [0.1, 0.15) is 18.9 Å². The average Bonchev–Trinajstić information content (AvgIpc) is 2.74. The van der Waals surface area contributed by atoms with Crippen LogP contribution in [0.25, 0.3) is 0 Å². The third-order valence-electron chi connectivity index (χ3n) is 2.71. The van der Waals surface area contributed by atoms with Crippen LogP contribution in [0.2, 0.25) is 5.02 Å². The van der Waals surface area contributed by atoms with E-state index in [0.717, 1.165) is 36.7 Å². The molecule has 0 radical (unpaired) electrons. The fraction of sp³-hybridized carbons (Fsp3) is 0.500. The molecule has 1 fully saturated rings. The Labute approximate surface area is 95.6 Å². The topological polar surface area (TPSA) is 21.3 Å². The van der Waals surface area contributed by atoms with E-state index in [-0.39, 0.29) is 6.10 Å². The van der Waals surface area contributed by atoms with Gasteiger partial charge in [0.1, 0.15) is 11.9 Å². The van der Waals surface area contributed by atoms with E-state index in [2.05, 4.69) is 18.3 Å². The van der Waals surface area contributed by atoms with Crippen LogP contribution in [0, 0.1) is 0 Å². The first-order valence-electron chi connectivity index (χ1n) is 5.45. The molecule has 1 heterocycles. The summed E-state index contributed by atoms with van der Waals surface area (Å²) in [4.78, 5) is 0. The molecular formula is C12H16ClNO. The van der Waals surface area contributed by atoms with Crippen LogP contribution in [0.15, 0.2) is 18.2 Å². The first-order valence-corrected chi connectivity index (χ1v) is 5.83. The highest BCUT2D eigenvalue weighted by molar-refractivity contribution is 6.32. The summed E-state index contributed by atoms with van der Waals surface area (Å²) in [6.45, 7) is 4.08. The molecule has 1 aromatic rings. The van der Waals surface area contributed by atoms with Crippen molar-refractivity contribution in [1.29, 1.82) is 0 Å². The van der Waals surface area contributed by atoms with Crippen LogP contribution in [0.3, 0.4) is 0 Å². The van der Waals surface area contributed by atoms with Gasteiger partial charge in [0.2, 0.25) is 0 Å². The van der Waals surface area contributed by atoms with Crippen molar-refractivity contribution in [3.8, 4) is 5.75 Å². The Morgan fingerprint density at radius 2 is 2.40 bits per heavy atom. The minimum Gasteiger partial charge on any atom is -0.487 e. The summed E-state index contributed by atoms with van der Waals surface area (Å²) in [5.41, 5.74) is 1.25. The molecule has 0 aromatic heterocycles.